The number of urea groups is 1. The number of rotatable bonds is 7. The van der Waals surface area contributed by atoms with Crippen LogP contribution in [0.25, 0.3) is 0 Å². The van der Waals surface area contributed by atoms with Gasteiger partial charge in [-0.25, -0.2) is 9.59 Å². The molecule has 19 heavy (non-hydrogen) atoms. The minimum atomic E-state index is -1.07. The highest BCUT2D eigenvalue weighted by Crippen LogP contribution is 2.01. The van der Waals surface area contributed by atoms with E-state index >= 15 is 0 Å². The van der Waals surface area contributed by atoms with Crippen LogP contribution in [0.5, 0.6) is 0 Å². The number of aliphatic carboxylic acids is 1. The molecule has 0 bridgehead atoms. The van der Waals surface area contributed by atoms with E-state index in [1.165, 1.54) is 7.05 Å². The number of amides is 3. The lowest BCUT2D eigenvalue weighted by Crippen LogP contribution is -2.49. The van der Waals surface area contributed by atoms with E-state index in [4.69, 9.17) is 5.11 Å². The van der Waals surface area contributed by atoms with Crippen LogP contribution in [0.15, 0.2) is 0 Å². The number of carbonyl (C=O) groups is 3. The third-order valence-corrected chi connectivity index (χ3v) is 2.57. The Hall–Kier alpha value is -1.79. The molecule has 1 atom stereocenters. The fraction of sp³-hybridized carbons (Fsp3) is 0.750. The molecule has 3 N–H and O–H groups in total. The number of likely N-dealkylation sites (N-methyl/N-ethyl adjacent to an activating group) is 1. The molecule has 0 aromatic carbocycles. The van der Waals surface area contributed by atoms with Crippen molar-refractivity contribution in [2.45, 2.75) is 33.2 Å². The molecule has 110 valence electrons. The molecule has 0 aliphatic carbocycles. The zero-order chi connectivity index (χ0) is 15.0. The van der Waals surface area contributed by atoms with E-state index in [1.54, 1.807) is 6.92 Å². The normalized spacial score (nSPS) is 11.8. The average Bonchev–Trinajstić information content (AvgIpc) is 2.33. The summed E-state index contributed by atoms with van der Waals surface area (Å²) >= 11 is 0. The molecule has 0 spiro atoms. The van der Waals surface area contributed by atoms with Crippen LogP contribution in [0.1, 0.15) is 27.2 Å². The number of carboxylic acids is 1. The van der Waals surface area contributed by atoms with Gasteiger partial charge < -0.3 is 20.6 Å². The van der Waals surface area contributed by atoms with Crippen LogP contribution in [0.2, 0.25) is 0 Å². The number of hydrogen-bond donors (Lipinski definition) is 3. The highest BCUT2D eigenvalue weighted by molar-refractivity contribution is 5.86. The van der Waals surface area contributed by atoms with Crippen LogP contribution >= 0.6 is 0 Å². The number of carbonyl (C=O) groups excluding carboxylic acids is 2. The van der Waals surface area contributed by atoms with E-state index < -0.39 is 18.0 Å². The number of nitrogens with zero attached hydrogens (tertiary/aromatic N) is 1. The largest absolute Gasteiger partial charge is 0.480 e. The van der Waals surface area contributed by atoms with Crippen LogP contribution in [-0.2, 0) is 9.59 Å². The molecule has 1 unspecified atom stereocenters. The molecule has 0 rings (SSSR count). The van der Waals surface area contributed by atoms with Crippen molar-refractivity contribution in [1.82, 2.24) is 15.5 Å². The fourth-order valence-corrected chi connectivity index (χ4v) is 1.42. The average molecular weight is 273 g/mol. The maximum absolute atomic E-state index is 11.7. The number of carboxylic acid groups (broad SMARTS) is 1. The molecule has 0 radical (unpaired) electrons. The van der Waals surface area contributed by atoms with Gasteiger partial charge in [0.05, 0.1) is 6.54 Å². The van der Waals surface area contributed by atoms with Crippen LogP contribution in [0, 0.1) is 5.92 Å². The molecule has 0 heterocycles. The summed E-state index contributed by atoms with van der Waals surface area (Å²) in [7, 11) is 1.39. The predicted molar refractivity (Wildman–Crippen MR) is 70.7 cm³/mol. The quantitative estimate of drug-likeness (QED) is 0.619. The Morgan fingerprint density at radius 3 is 2.21 bits per heavy atom. The van der Waals surface area contributed by atoms with E-state index in [0.29, 0.717) is 18.9 Å². The maximum atomic E-state index is 11.7. The van der Waals surface area contributed by atoms with Gasteiger partial charge in [0.15, 0.2) is 0 Å². The zero-order valence-electron chi connectivity index (χ0n) is 11.9. The summed E-state index contributed by atoms with van der Waals surface area (Å²) in [6, 6.07) is -1.47. The van der Waals surface area contributed by atoms with Gasteiger partial charge in [0.25, 0.3) is 0 Å². The van der Waals surface area contributed by atoms with Crippen LogP contribution < -0.4 is 10.6 Å². The summed E-state index contributed by atoms with van der Waals surface area (Å²) in [5, 5.41) is 14.0. The van der Waals surface area contributed by atoms with Gasteiger partial charge in [0.1, 0.15) is 6.04 Å². The fourth-order valence-electron chi connectivity index (χ4n) is 1.42. The summed E-state index contributed by atoms with van der Waals surface area (Å²) in [5.41, 5.74) is 0. The lowest BCUT2D eigenvalue weighted by atomic mass is 10.2. The SMILES string of the molecule is CCC(C(=O)O)N(C)C(=O)NCC(=O)NCC(C)C. The van der Waals surface area contributed by atoms with Crippen molar-refractivity contribution in [3.05, 3.63) is 0 Å². The van der Waals surface area contributed by atoms with Gasteiger partial charge in [0, 0.05) is 13.6 Å². The summed E-state index contributed by atoms with van der Waals surface area (Å²) in [6.45, 7) is 5.98. The molecule has 3 amide bonds. The van der Waals surface area contributed by atoms with Crippen LogP contribution in [0.3, 0.4) is 0 Å². The Morgan fingerprint density at radius 1 is 1.21 bits per heavy atom. The second-order valence-electron chi connectivity index (χ2n) is 4.73. The molecular weight excluding hydrogens is 250 g/mol. The van der Waals surface area contributed by atoms with Gasteiger partial charge >= 0.3 is 12.0 Å². The minimum absolute atomic E-state index is 0.161. The van der Waals surface area contributed by atoms with Gasteiger partial charge in [0.2, 0.25) is 5.91 Å². The van der Waals surface area contributed by atoms with Gasteiger partial charge in [-0.15, -0.1) is 0 Å². The Labute approximate surface area is 113 Å². The Morgan fingerprint density at radius 2 is 1.79 bits per heavy atom. The molecule has 0 saturated heterocycles. The first kappa shape index (κ1) is 17.2. The smallest absolute Gasteiger partial charge is 0.326 e. The van der Waals surface area contributed by atoms with Crippen molar-refractivity contribution >= 4 is 17.9 Å². The third kappa shape index (κ3) is 6.64. The highest BCUT2D eigenvalue weighted by Gasteiger charge is 2.24. The first-order valence-corrected chi connectivity index (χ1v) is 6.29. The molecule has 0 aromatic heterocycles. The Kier molecular flexibility index (Phi) is 7.55. The van der Waals surface area contributed by atoms with Crippen molar-refractivity contribution < 1.29 is 19.5 Å². The summed E-state index contributed by atoms with van der Waals surface area (Å²) in [4.78, 5) is 35.0. The number of hydrogen-bond acceptors (Lipinski definition) is 3. The first-order chi connectivity index (χ1) is 8.79. The molecule has 0 saturated carbocycles. The summed E-state index contributed by atoms with van der Waals surface area (Å²) in [5.74, 6) is -1.03. The topological polar surface area (TPSA) is 98.7 Å². The van der Waals surface area contributed by atoms with Crippen molar-refractivity contribution in [3.63, 3.8) is 0 Å². The molecule has 0 aromatic rings. The van der Waals surface area contributed by atoms with Crippen molar-refractivity contribution in [3.8, 4) is 0 Å². The standard InChI is InChI=1S/C12H23N3O4/c1-5-9(11(17)18)15(4)12(19)14-7-10(16)13-6-8(2)3/h8-9H,5-7H2,1-4H3,(H,13,16)(H,14,19)(H,17,18). The van der Waals surface area contributed by atoms with Crippen LogP contribution in [0.4, 0.5) is 4.79 Å². The zero-order valence-corrected chi connectivity index (χ0v) is 11.9. The second kappa shape index (κ2) is 8.34. The summed E-state index contributed by atoms with van der Waals surface area (Å²) in [6.07, 6.45) is 0.304. The van der Waals surface area contributed by atoms with Gasteiger partial charge in [-0.3, -0.25) is 4.79 Å². The first-order valence-electron chi connectivity index (χ1n) is 6.29. The molecule has 0 fully saturated rings. The lowest BCUT2D eigenvalue weighted by Gasteiger charge is -2.23. The van der Waals surface area contributed by atoms with E-state index in [9.17, 15) is 14.4 Å². The van der Waals surface area contributed by atoms with E-state index in [2.05, 4.69) is 10.6 Å². The van der Waals surface area contributed by atoms with E-state index in [1.807, 2.05) is 13.8 Å². The monoisotopic (exact) mass is 273 g/mol. The van der Waals surface area contributed by atoms with Crippen molar-refractivity contribution in [2.75, 3.05) is 20.1 Å². The Bertz CT molecular complexity index is 331. The summed E-state index contributed by atoms with van der Waals surface area (Å²) < 4.78 is 0. The number of nitrogens with one attached hydrogen (secondary N) is 2. The lowest BCUT2D eigenvalue weighted by molar-refractivity contribution is -0.141. The van der Waals surface area contributed by atoms with Crippen molar-refractivity contribution in [2.24, 2.45) is 5.92 Å². The maximum Gasteiger partial charge on any atom is 0.326 e. The van der Waals surface area contributed by atoms with Crippen molar-refractivity contribution in [1.29, 1.82) is 0 Å². The van der Waals surface area contributed by atoms with Gasteiger partial charge in [-0.2, -0.15) is 0 Å². The van der Waals surface area contributed by atoms with Gasteiger partial charge in [-0.05, 0) is 12.3 Å². The molecule has 7 heteroatoms. The molecule has 0 aliphatic heterocycles. The van der Waals surface area contributed by atoms with Crippen LogP contribution in [-0.4, -0.2) is 54.1 Å². The Balaban J connectivity index is 4.16. The second-order valence-corrected chi connectivity index (χ2v) is 4.73. The molecule has 7 nitrogen and oxygen atoms in total. The third-order valence-electron chi connectivity index (χ3n) is 2.57. The predicted octanol–water partition coefficient (Wildman–Crippen LogP) is 0.263. The molecule has 0 aliphatic rings. The minimum Gasteiger partial charge on any atom is -0.480 e. The highest BCUT2D eigenvalue weighted by atomic mass is 16.4. The van der Waals surface area contributed by atoms with Gasteiger partial charge in [-0.1, -0.05) is 20.8 Å². The molecular formula is C12H23N3O4. The van der Waals surface area contributed by atoms with E-state index in [-0.39, 0.29) is 12.5 Å². The van der Waals surface area contributed by atoms with E-state index in [0.717, 1.165) is 4.90 Å².